The van der Waals surface area contributed by atoms with Crippen molar-refractivity contribution in [1.82, 2.24) is 20.1 Å². The lowest BCUT2D eigenvalue weighted by molar-refractivity contribution is 0.177. The van der Waals surface area contributed by atoms with Crippen molar-refractivity contribution in [2.24, 2.45) is 0 Å². The van der Waals surface area contributed by atoms with Gasteiger partial charge in [0.05, 0.1) is 6.04 Å². The maximum Gasteiger partial charge on any atom is 0.319 e. The average molecular weight is 341 g/mol. The van der Waals surface area contributed by atoms with Crippen LogP contribution in [0.25, 0.3) is 0 Å². The van der Waals surface area contributed by atoms with Crippen LogP contribution in [-0.4, -0.2) is 27.9 Å². The summed E-state index contributed by atoms with van der Waals surface area (Å²) in [6.45, 7) is 1.21. The van der Waals surface area contributed by atoms with Crippen LogP contribution in [0.5, 0.6) is 0 Å². The van der Waals surface area contributed by atoms with Gasteiger partial charge in [-0.1, -0.05) is 6.07 Å². The van der Waals surface area contributed by atoms with E-state index in [2.05, 4.69) is 32.8 Å². The molecule has 0 fully saturated rings. The Balaban J connectivity index is 1.43. The topological polar surface area (TPSA) is 81.1 Å². The van der Waals surface area contributed by atoms with Gasteiger partial charge in [-0.15, -0.1) is 0 Å². The van der Waals surface area contributed by atoms with Crippen molar-refractivity contribution in [2.45, 2.75) is 51.3 Å². The number of methoxy groups -OCH3 is 1. The molecule has 1 aromatic heterocycles. The van der Waals surface area contributed by atoms with Gasteiger partial charge < -0.3 is 15.4 Å². The van der Waals surface area contributed by atoms with E-state index in [0.29, 0.717) is 12.4 Å². The van der Waals surface area contributed by atoms with Crippen molar-refractivity contribution in [2.75, 3.05) is 12.4 Å². The van der Waals surface area contributed by atoms with Gasteiger partial charge in [-0.25, -0.2) is 14.5 Å². The lowest BCUT2D eigenvalue weighted by atomic mass is 10.1. The third kappa shape index (κ3) is 3.37. The molecule has 2 amide bonds. The normalized spacial score (nSPS) is 18.5. The molecule has 25 heavy (non-hydrogen) atoms. The van der Waals surface area contributed by atoms with E-state index in [4.69, 9.17) is 4.74 Å². The first-order chi connectivity index (χ1) is 12.2. The molecule has 1 aromatic carbocycles. The molecule has 1 atom stereocenters. The zero-order valence-corrected chi connectivity index (χ0v) is 14.4. The van der Waals surface area contributed by atoms with Crippen molar-refractivity contribution in [3.8, 4) is 0 Å². The number of hydrogen-bond acceptors (Lipinski definition) is 4. The smallest absolute Gasteiger partial charge is 0.319 e. The van der Waals surface area contributed by atoms with Crippen molar-refractivity contribution in [3.63, 3.8) is 0 Å². The zero-order valence-electron chi connectivity index (χ0n) is 14.4. The SMILES string of the molecule is COCc1nc2n(n1)CCC[C@@H]2NC(=O)Nc1ccc2c(c1)CCC2. The molecule has 2 aliphatic rings. The van der Waals surface area contributed by atoms with Gasteiger partial charge in [0.15, 0.2) is 5.82 Å². The quantitative estimate of drug-likeness (QED) is 0.895. The zero-order chi connectivity index (χ0) is 17.2. The Labute approximate surface area is 146 Å². The third-order valence-electron chi connectivity index (χ3n) is 4.85. The highest BCUT2D eigenvalue weighted by molar-refractivity contribution is 5.89. The van der Waals surface area contributed by atoms with Crippen molar-refractivity contribution < 1.29 is 9.53 Å². The van der Waals surface area contributed by atoms with Crippen LogP contribution in [0.1, 0.15) is 48.1 Å². The molecule has 0 saturated heterocycles. The molecule has 2 aromatic rings. The molecule has 0 bridgehead atoms. The standard InChI is InChI=1S/C18H23N5O2/c1-25-11-16-21-17-15(6-3-9-23(17)22-16)20-18(24)19-14-8-7-12-4-2-5-13(12)10-14/h7-8,10,15H,2-6,9,11H2,1H3,(H2,19,20,24)/t15-/m0/s1. The molecular formula is C18H23N5O2. The summed E-state index contributed by atoms with van der Waals surface area (Å²) >= 11 is 0. The monoisotopic (exact) mass is 341 g/mol. The molecule has 7 heteroatoms. The fourth-order valence-electron chi connectivity index (χ4n) is 3.70. The number of nitrogens with zero attached hydrogens (tertiary/aromatic N) is 3. The van der Waals surface area contributed by atoms with E-state index in [0.717, 1.165) is 43.7 Å². The number of anilines is 1. The van der Waals surface area contributed by atoms with Crippen LogP contribution in [0, 0.1) is 0 Å². The van der Waals surface area contributed by atoms with E-state index in [-0.39, 0.29) is 12.1 Å². The number of amides is 2. The minimum absolute atomic E-state index is 0.124. The molecular weight excluding hydrogens is 318 g/mol. The number of carbonyl (C=O) groups is 1. The molecule has 0 saturated carbocycles. The number of aromatic nitrogens is 3. The second-order valence-electron chi connectivity index (χ2n) is 6.67. The molecule has 0 spiro atoms. The Morgan fingerprint density at radius 3 is 3.08 bits per heavy atom. The fraction of sp³-hybridized carbons (Fsp3) is 0.500. The van der Waals surface area contributed by atoms with E-state index in [1.54, 1.807) is 7.11 Å². The van der Waals surface area contributed by atoms with E-state index in [9.17, 15) is 4.79 Å². The van der Waals surface area contributed by atoms with Gasteiger partial charge in [-0.3, -0.25) is 0 Å². The second kappa shape index (κ2) is 6.84. The summed E-state index contributed by atoms with van der Waals surface area (Å²) in [7, 11) is 1.62. The minimum Gasteiger partial charge on any atom is -0.377 e. The molecule has 7 nitrogen and oxygen atoms in total. The predicted molar refractivity (Wildman–Crippen MR) is 93.3 cm³/mol. The highest BCUT2D eigenvalue weighted by Crippen LogP contribution is 2.26. The summed E-state index contributed by atoms with van der Waals surface area (Å²) in [6.07, 6.45) is 5.27. The number of urea groups is 1. The Kier molecular flexibility index (Phi) is 4.40. The first kappa shape index (κ1) is 16.1. The highest BCUT2D eigenvalue weighted by Gasteiger charge is 2.25. The third-order valence-corrected chi connectivity index (χ3v) is 4.85. The van der Waals surface area contributed by atoms with Crippen molar-refractivity contribution in [1.29, 1.82) is 0 Å². The summed E-state index contributed by atoms with van der Waals surface area (Å²) in [6, 6.07) is 5.85. The van der Waals surface area contributed by atoms with Gasteiger partial charge in [0.2, 0.25) is 0 Å². The summed E-state index contributed by atoms with van der Waals surface area (Å²) in [4.78, 5) is 16.9. The number of rotatable bonds is 4. The number of aryl methyl sites for hydroxylation is 3. The van der Waals surface area contributed by atoms with E-state index in [1.807, 2.05) is 10.7 Å². The number of carbonyl (C=O) groups excluding carboxylic acids is 1. The molecule has 132 valence electrons. The van der Waals surface area contributed by atoms with Gasteiger partial charge in [0.1, 0.15) is 12.4 Å². The van der Waals surface area contributed by atoms with Gasteiger partial charge in [0, 0.05) is 19.3 Å². The van der Waals surface area contributed by atoms with Gasteiger partial charge in [-0.2, -0.15) is 5.10 Å². The van der Waals surface area contributed by atoms with Crippen LogP contribution in [0.2, 0.25) is 0 Å². The van der Waals surface area contributed by atoms with Crippen molar-refractivity contribution in [3.05, 3.63) is 41.0 Å². The Hall–Kier alpha value is -2.41. The van der Waals surface area contributed by atoms with Crippen LogP contribution in [-0.2, 0) is 30.7 Å². The molecule has 0 unspecified atom stereocenters. The maximum absolute atomic E-state index is 12.4. The van der Waals surface area contributed by atoms with Crippen LogP contribution in [0.15, 0.2) is 18.2 Å². The Morgan fingerprint density at radius 2 is 2.20 bits per heavy atom. The van der Waals surface area contributed by atoms with Gasteiger partial charge in [0.25, 0.3) is 0 Å². The van der Waals surface area contributed by atoms with Crippen molar-refractivity contribution >= 4 is 11.7 Å². The summed E-state index contributed by atoms with van der Waals surface area (Å²) in [5.41, 5.74) is 3.59. The van der Waals surface area contributed by atoms with Gasteiger partial charge in [-0.05, 0) is 55.4 Å². The average Bonchev–Trinajstić information content (AvgIpc) is 3.21. The van der Waals surface area contributed by atoms with Gasteiger partial charge >= 0.3 is 6.03 Å². The minimum atomic E-state index is -0.201. The van der Waals surface area contributed by atoms with E-state index in [1.165, 1.54) is 17.5 Å². The number of nitrogens with one attached hydrogen (secondary N) is 2. The first-order valence-electron chi connectivity index (χ1n) is 8.85. The first-order valence-corrected chi connectivity index (χ1v) is 8.85. The van der Waals surface area contributed by atoms with Crippen LogP contribution >= 0.6 is 0 Å². The lowest BCUT2D eigenvalue weighted by Crippen LogP contribution is -2.36. The number of benzene rings is 1. The number of hydrogen-bond donors (Lipinski definition) is 2. The van der Waals surface area contributed by atoms with Crippen LogP contribution in [0.4, 0.5) is 10.5 Å². The lowest BCUT2D eigenvalue weighted by Gasteiger charge is -2.23. The molecule has 2 heterocycles. The number of fused-ring (bicyclic) bond motifs is 2. The van der Waals surface area contributed by atoms with E-state index >= 15 is 0 Å². The maximum atomic E-state index is 12.4. The fourth-order valence-corrected chi connectivity index (χ4v) is 3.70. The molecule has 1 aliphatic heterocycles. The van der Waals surface area contributed by atoms with E-state index < -0.39 is 0 Å². The second-order valence-corrected chi connectivity index (χ2v) is 6.67. The molecule has 4 rings (SSSR count). The number of ether oxygens (including phenoxy) is 1. The summed E-state index contributed by atoms with van der Waals surface area (Å²) in [5.74, 6) is 1.47. The largest absolute Gasteiger partial charge is 0.377 e. The highest BCUT2D eigenvalue weighted by atomic mass is 16.5. The molecule has 0 radical (unpaired) electrons. The predicted octanol–water partition coefficient (Wildman–Crippen LogP) is 2.57. The van der Waals surface area contributed by atoms with Crippen LogP contribution in [0.3, 0.4) is 0 Å². The molecule has 2 N–H and O–H groups in total. The Morgan fingerprint density at radius 1 is 1.32 bits per heavy atom. The van der Waals surface area contributed by atoms with Crippen LogP contribution < -0.4 is 10.6 Å². The summed E-state index contributed by atoms with van der Waals surface area (Å²) < 4.78 is 6.97. The Bertz CT molecular complexity index is 786. The summed E-state index contributed by atoms with van der Waals surface area (Å²) in [5, 5.41) is 10.4. The molecule has 1 aliphatic carbocycles.